The third-order valence-corrected chi connectivity index (χ3v) is 4.50. The van der Waals surface area contributed by atoms with Gasteiger partial charge in [-0.3, -0.25) is 9.69 Å². The maximum absolute atomic E-state index is 13.1. The Kier molecular flexibility index (Phi) is 4.91. The van der Waals surface area contributed by atoms with Crippen molar-refractivity contribution in [3.05, 3.63) is 70.7 Å². The third kappa shape index (κ3) is 3.40. The van der Waals surface area contributed by atoms with Crippen LogP contribution in [-0.4, -0.2) is 23.8 Å². The number of hydrogen-bond donors (Lipinski definition) is 0. The standard InChI is InChI=1S/C19H20ClNO/c20-17-11-9-16(10-12-17)19(22)18(15-7-3-1-4-8-15)21-13-5-2-6-14-21/h1,3-4,7-12,18H,2,5-6,13-14H2/t18-/m1/s1. The molecule has 1 aliphatic rings. The Morgan fingerprint density at radius 2 is 1.55 bits per heavy atom. The van der Waals surface area contributed by atoms with Gasteiger partial charge in [0.1, 0.15) is 0 Å². The van der Waals surface area contributed by atoms with Crippen LogP contribution in [0.5, 0.6) is 0 Å². The zero-order chi connectivity index (χ0) is 15.4. The van der Waals surface area contributed by atoms with E-state index in [0.29, 0.717) is 5.02 Å². The molecule has 0 aromatic heterocycles. The highest BCUT2D eigenvalue weighted by molar-refractivity contribution is 6.30. The Bertz CT molecular complexity index is 618. The van der Waals surface area contributed by atoms with Crippen molar-refractivity contribution in [2.75, 3.05) is 13.1 Å². The summed E-state index contributed by atoms with van der Waals surface area (Å²) in [4.78, 5) is 15.4. The second-order valence-corrected chi connectivity index (χ2v) is 6.22. The summed E-state index contributed by atoms with van der Waals surface area (Å²) in [6.45, 7) is 1.97. The molecule has 1 atom stereocenters. The first-order valence-corrected chi connectivity index (χ1v) is 8.22. The molecule has 22 heavy (non-hydrogen) atoms. The third-order valence-electron chi connectivity index (χ3n) is 4.25. The van der Waals surface area contributed by atoms with Crippen LogP contribution in [0.2, 0.25) is 5.02 Å². The van der Waals surface area contributed by atoms with E-state index in [9.17, 15) is 4.79 Å². The topological polar surface area (TPSA) is 20.3 Å². The average Bonchev–Trinajstić information content (AvgIpc) is 2.57. The number of halogens is 1. The van der Waals surface area contributed by atoms with Crippen LogP contribution in [0, 0.1) is 0 Å². The maximum Gasteiger partial charge on any atom is 0.184 e. The molecule has 0 saturated carbocycles. The number of likely N-dealkylation sites (tertiary alicyclic amines) is 1. The van der Waals surface area contributed by atoms with Gasteiger partial charge in [0.05, 0.1) is 6.04 Å². The fraction of sp³-hybridized carbons (Fsp3) is 0.316. The number of carbonyl (C=O) groups excluding carboxylic acids is 1. The van der Waals surface area contributed by atoms with Gasteiger partial charge in [-0.1, -0.05) is 48.4 Å². The summed E-state index contributed by atoms with van der Waals surface area (Å²) in [6, 6.07) is 17.1. The highest BCUT2D eigenvalue weighted by Gasteiger charge is 2.29. The Balaban J connectivity index is 1.93. The summed E-state index contributed by atoms with van der Waals surface area (Å²) < 4.78 is 0. The molecule has 1 saturated heterocycles. The first-order chi connectivity index (χ1) is 10.8. The Hall–Kier alpha value is -1.64. The van der Waals surface area contributed by atoms with Gasteiger partial charge in [0.2, 0.25) is 0 Å². The summed E-state index contributed by atoms with van der Waals surface area (Å²) >= 11 is 5.94. The predicted octanol–water partition coefficient (Wildman–Crippen LogP) is 4.75. The van der Waals surface area contributed by atoms with E-state index in [1.807, 2.05) is 42.5 Å². The number of carbonyl (C=O) groups is 1. The molecule has 0 amide bonds. The lowest BCUT2D eigenvalue weighted by molar-refractivity contribution is 0.0783. The van der Waals surface area contributed by atoms with Crippen LogP contribution in [0.1, 0.15) is 41.2 Å². The lowest BCUT2D eigenvalue weighted by atomic mass is 9.94. The van der Waals surface area contributed by atoms with Crippen LogP contribution in [0.4, 0.5) is 0 Å². The molecule has 3 rings (SSSR count). The molecule has 1 aliphatic heterocycles. The fourth-order valence-electron chi connectivity index (χ4n) is 3.11. The van der Waals surface area contributed by atoms with Gasteiger partial charge in [0.25, 0.3) is 0 Å². The largest absolute Gasteiger partial charge is 0.292 e. The van der Waals surface area contributed by atoms with Crippen LogP contribution in [0.15, 0.2) is 54.6 Å². The fourth-order valence-corrected chi connectivity index (χ4v) is 3.24. The van der Waals surface area contributed by atoms with Crippen molar-refractivity contribution in [1.29, 1.82) is 0 Å². The Morgan fingerprint density at radius 3 is 2.18 bits per heavy atom. The minimum absolute atomic E-state index is 0.157. The normalized spacial score (nSPS) is 17.1. The number of benzene rings is 2. The molecule has 1 heterocycles. The van der Waals surface area contributed by atoms with Gasteiger partial charge in [-0.25, -0.2) is 0 Å². The maximum atomic E-state index is 13.1. The monoisotopic (exact) mass is 313 g/mol. The van der Waals surface area contributed by atoms with E-state index in [4.69, 9.17) is 11.6 Å². The molecule has 0 radical (unpaired) electrons. The number of piperidine rings is 1. The molecule has 0 bridgehead atoms. The highest BCUT2D eigenvalue weighted by Crippen LogP contribution is 2.28. The molecule has 0 aliphatic carbocycles. The summed E-state index contributed by atoms with van der Waals surface area (Å²) in [7, 11) is 0. The summed E-state index contributed by atoms with van der Waals surface area (Å²) in [5.74, 6) is 0.157. The first-order valence-electron chi connectivity index (χ1n) is 7.84. The van der Waals surface area contributed by atoms with Crippen LogP contribution in [-0.2, 0) is 0 Å². The summed E-state index contributed by atoms with van der Waals surface area (Å²) in [5.41, 5.74) is 1.80. The molecule has 0 spiro atoms. The Labute approximate surface area is 136 Å². The number of rotatable bonds is 4. The van der Waals surface area contributed by atoms with E-state index in [1.165, 1.54) is 6.42 Å². The van der Waals surface area contributed by atoms with E-state index < -0.39 is 0 Å². The van der Waals surface area contributed by atoms with Gasteiger partial charge >= 0.3 is 0 Å². The van der Waals surface area contributed by atoms with Crippen LogP contribution in [0.25, 0.3) is 0 Å². The summed E-state index contributed by atoms with van der Waals surface area (Å²) in [5, 5.41) is 0.658. The number of hydrogen-bond acceptors (Lipinski definition) is 2. The van der Waals surface area contributed by atoms with Gasteiger partial charge in [0, 0.05) is 10.6 Å². The molecule has 3 heteroatoms. The van der Waals surface area contributed by atoms with E-state index >= 15 is 0 Å². The molecular formula is C19H20ClNO. The minimum atomic E-state index is -0.192. The smallest absolute Gasteiger partial charge is 0.184 e. The highest BCUT2D eigenvalue weighted by atomic mass is 35.5. The molecule has 0 N–H and O–H groups in total. The van der Waals surface area contributed by atoms with Gasteiger partial charge in [-0.2, -0.15) is 0 Å². The molecule has 114 valence electrons. The number of Topliss-reactive ketones (excluding diaryl/α,β-unsaturated/α-hetero) is 1. The van der Waals surface area contributed by atoms with Crippen molar-refractivity contribution in [1.82, 2.24) is 4.90 Å². The molecule has 1 fully saturated rings. The van der Waals surface area contributed by atoms with E-state index in [0.717, 1.165) is 37.1 Å². The first kappa shape index (κ1) is 15.3. The van der Waals surface area contributed by atoms with E-state index in [1.54, 1.807) is 12.1 Å². The van der Waals surface area contributed by atoms with Crippen molar-refractivity contribution in [2.24, 2.45) is 0 Å². The molecule has 2 nitrogen and oxygen atoms in total. The minimum Gasteiger partial charge on any atom is -0.292 e. The molecule has 0 unspecified atom stereocenters. The van der Waals surface area contributed by atoms with Crippen LogP contribution < -0.4 is 0 Å². The SMILES string of the molecule is O=C(c1ccc(Cl)cc1)[C@@H](c1ccccc1)N1CCCCC1. The predicted molar refractivity (Wildman–Crippen MR) is 90.4 cm³/mol. The Morgan fingerprint density at radius 1 is 0.909 bits per heavy atom. The van der Waals surface area contributed by atoms with Crippen molar-refractivity contribution in [3.63, 3.8) is 0 Å². The van der Waals surface area contributed by atoms with Gasteiger partial charge in [0.15, 0.2) is 5.78 Å². The van der Waals surface area contributed by atoms with Crippen molar-refractivity contribution in [3.8, 4) is 0 Å². The molecule has 2 aromatic rings. The van der Waals surface area contributed by atoms with E-state index in [2.05, 4.69) is 4.90 Å². The van der Waals surface area contributed by atoms with Crippen molar-refractivity contribution in [2.45, 2.75) is 25.3 Å². The lowest BCUT2D eigenvalue weighted by Gasteiger charge is -2.34. The zero-order valence-corrected chi connectivity index (χ0v) is 13.3. The van der Waals surface area contributed by atoms with Gasteiger partial charge < -0.3 is 0 Å². The quantitative estimate of drug-likeness (QED) is 0.759. The molecule has 2 aromatic carbocycles. The van der Waals surface area contributed by atoms with Crippen LogP contribution in [0.3, 0.4) is 0 Å². The van der Waals surface area contributed by atoms with Crippen molar-refractivity contribution >= 4 is 17.4 Å². The van der Waals surface area contributed by atoms with Crippen molar-refractivity contribution < 1.29 is 4.79 Å². The lowest BCUT2D eigenvalue weighted by Crippen LogP contribution is -2.38. The van der Waals surface area contributed by atoms with Crippen LogP contribution >= 0.6 is 11.6 Å². The van der Waals surface area contributed by atoms with E-state index in [-0.39, 0.29) is 11.8 Å². The summed E-state index contributed by atoms with van der Waals surface area (Å²) in [6.07, 6.45) is 3.58. The van der Waals surface area contributed by atoms with Gasteiger partial charge in [-0.15, -0.1) is 0 Å². The second kappa shape index (κ2) is 7.08. The second-order valence-electron chi connectivity index (χ2n) is 5.78. The molecular weight excluding hydrogens is 294 g/mol. The average molecular weight is 314 g/mol. The zero-order valence-electron chi connectivity index (χ0n) is 12.5. The number of ketones is 1. The van der Waals surface area contributed by atoms with Gasteiger partial charge in [-0.05, 0) is 55.8 Å². The number of nitrogens with zero attached hydrogens (tertiary/aromatic N) is 1.